The van der Waals surface area contributed by atoms with E-state index in [4.69, 9.17) is 20.9 Å². The van der Waals surface area contributed by atoms with Gasteiger partial charge in [-0.3, -0.25) is 0 Å². The second kappa shape index (κ2) is 4.49. The minimum atomic E-state index is -0.347. The summed E-state index contributed by atoms with van der Waals surface area (Å²) in [5.74, 6) is 0. The summed E-state index contributed by atoms with van der Waals surface area (Å²) in [5.41, 5.74) is 0.351. The Morgan fingerprint density at radius 3 is 2.25 bits per heavy atom. The van der Waals surface area contributed by atoms with Gasteiger partial charge >= 0.3 is 7.12 Å². The molecule has 2 aromatic rings. The summed E-state index contributed by atoms with van der Waals surface area (Å²) in [4.78, 5) is 0. The van der Waals surface area contributed by atoms with Crippen LogP contribution >= 0.6 is 11.6 Å². The van der Waals surface area contributed by atoms with E-state index in [1.54, 1.807) is 0 Å². The lowest BCUT2D eigenvalue weighted by Gasteiger charge is -2.32. The largest absolute Gasteiger partial charge is 0.494 e. The van der Waals surface area contributed by atoms with E-state index in [2.05, 4.69) is 45.9 Å². The minimum Gasteiger partial charge on any atom is -0.399 e. The second-order valence-electron chi connectivity index (χ2n) is 6.31. The Kier molecular flexibility index (Phi) is 3.13. The predicted octanol–water partition coefficient (Wildman–Crippen LogP) is 3.79. The van der Waals surface area contributed by atoms with Gasteiger partial charge in [0.15, 0.2) is 0 Å². The molecule has 1 aliphatic rings. The highest BCUT2D eigenvalue weighted by molar-refractivity contribution is 6.62. The lowest BCUT2D eigenvalue weighted by atomic mass is 9.78. The van der Waals surface area contributed by atoms with Gasteiger partial charge in [0.2, 0.25) is 0 Å². The van der Waals surface area contributed by atoms with Crippen molar-refractivity contribution in [3.63, 3.8) is 0 Å². The Labute approximate surface area is 125 Å². The van der Waals surface area contributed by atoms with Crippen molar-refractivity contribution in [3.8, 4) is 0 Å². The molecule has 20 heavy (non-hydrogen) atoms. The van der Waals surface area contributed by atoms with Crippen LogP contribution in [0.1, 0.15) is 27.7 Å². The average molecular weight is 289 g/mol. The maximum atomic E-state index is 6.27. The van der Waals surface area contributed by atoms with Crippen LogP contribution in [0.15, 0.2) is 36.4 Å². The SMILES string of the molecule is CC1(C)OB(c2ccc3cccc(Cl)c3c2)OC1(C)C. The van der Waals surface area contributed by atoms with Gasteiger partial charge in [-0.25, -0.2) is 0 Å². The van der Waals surface area contributed by atoms with Crippen molar-refractivity contribution in [2.45, 2.75) is 38.9 Å². The Morgan fingerprint density at radius 2 is 1.60 bits per heavy atom. The normalized spacial score (nSPS) is 20.6. The predicted molar refractivity (Wildman–Crippen MR) is 84.7 cm³/mol. The van der Waals surface area contributed by atoms with Gasteiger partial charge in [-0.15, -0.1) is 0 Å². The molecule has 0 radical (unpaired) electrons. The third kappa shape index (κ3) is 2.14. The number of hydrogen-bond acceptors (Lipinski definition) is 2. The summed E-state index contributed by atoms with van der Waals surface area (Å²) in [6.45, 7) is 8.23. The number of fused-ring (bicyclic) bond motifs is 1. The number of hydrogen-bond donors (Lipinski definition) is 0. The van der Waals surface area contributed by atoms with Crippen LogP contribution in [-0.2, 0) is 9.31 Å². The first kappa shape index (κ1) is 13.9. The van der Waals surface area contributed by atoms with Crippen molar-refractivity contribution in [1.29, 1.82) is 0 Å². The highest BCUT2D eigenvalue weighted by Gasteiger charge is 2.51. The first-order valence-electron chi connectivity index (χ1n) is 6.84. The van der Waals surface area contributed by atoms with Crippen LogP contribution in [0, 0.1) is 0 Å². The van der Waals surface area contributed by atoms with Gasteiger partial charge in [0.25, 0.3) is 0 Å². The molecule has 104 valence electrons. The van der Waals surface area contributed by atoms with Crippen molar-refractivity contribution >= 4 is 35.0 Å². The van der Waals surface area contributed by atoms with Crippen LogP contribution in [0.4, 0.5) is 0 Å². The summed E-state index contributed by atoms with van der Waals surface area (Å²) in [6.07, 6.45) is 0. The van der Waals surface area contributed by atoms with Gasteiger partial charge in [-0.1, -0.05) is 41.9 Å². The van der Waals surface area contributed by atoms with Gasteiger partial charge in [-0.2, -0.15) is 0 Å². The van der Waals surface area contributed by atoms with Crippen LogP contribution in [0.3, 0.4) is 0 Å². The summed E-state index contributed by atoms with van der Waals surface area (Å²) in [5, 5.41) is 2.90. The molecule has 0 bridgehead atoms. The summed E-state index contributed by atoms with van der Waals surface area (Å²) < 4.78 is 12.1. The van der Waals surface area contributed by atoms with Crippen molar-refractivity contribution in [1.82, 2.24) is 0 Å². The molecule has 3 rings (SSSR count). The zero-order valence-electron chi connectivity index (χ0n) is 12.2. The first-order chi connectivity index (χ1) is 9.30. The third-order valence-corrected chi connectivity index (χ3v) is 4.71. The molecule has 4 heteroatoms. The Balaban J connectivity index is 2.02. The number of halogens is 1. The molecule has 1 aliphatic heterocycles. The molecule has 2 nitrogen and oxygen atoms in total. The molecule has 0 atom stereocenters. The van der Waals surface area contributed by atoms with E-state index in [9.17, 15) is 0 Å². The van der Waals surface area contributed by atoms with Crippen molar-refractivity contribution < 1.29 is 9.31 Å². The molecule has 2 aromatic carbocycles. The molecule has 0 aliphatic carbocycles. The van der Waals surface area contributed by atoms with Gasteiger partial charge in [0.05, 0.1) is 11.2 Å². The van der Waals surface area contributed by atoms with E-state index in [1.807, 2.05) is 18.2 Å². The minimum absolute atomic E-state index is 0.326. The zero-order valence-corrected chi connectivity index (χ0v) is 13.0. The van der Waals surface area contributed by atoms with Gasteiger partial charge < -0.3 is 9.31 Å². The fraction of sp³-hybridized carbons (Fsp3) is 0.375. The first-order valence-corrected chi connectivity index (χ1v) is 7.22. The topological polar surface area (TPSA) is 18.5 Å². The molecule has 0 unspecified atom stereocenters. The fourth-order valence-corrected chi connectivity index (χ4v) is 2.61. The zero-order chi connectivity index (χ0) is 14.5. The summed E-state index contributed by atoms with van der Waals surface area (Å²) in [7, 11) is -0.347. The maximum Gasteiger partial charge on any atom is 0.494 e. The van der Waals surface area contributed by atoms with E-state index in [0.717, 1.165) is 21.3 Å². The highest BCUT2D eigenvalue weighted by atomic mass is 35.5. The van der Waals surface area contributed by atoms with Gasteiger partial charge in [0.1, 0.15) is 0 Å². The Morgan fingerprint density at radius 1 is 0.950 bits per heavy atom. The third-order valence-electron chi connectivity index (χ3n) is 4.38. The van der Waals surface area contributed by atoms with E-state index < -0.39 is 0 Å². The van der Waals surface area contributed by atoms with Crippen LogP contribution in [-0.4, -0.2) is 18.3 Å². The Bertz CT molecular complexity index is 651. The fourth-order valence-electron chi connectivity index (χ4n) is 2.38. The maximum absolute atomic E-state index is 6.27. The van der Waals surface area contributed by atoms with E-state index in [-0.39, 0.29) is 18.3 Å². The van der Waals surface area contributed by atoms with Crippen molar-refractivity contribution in [2.24, 2.45) is 0 Å². The lowest BCUT2D eigenvalue weighted by Crippen LogP contribution is -2.41. The molecule has 0 spiro atoms. The number of rotatable bonds is 1. The lowest BCUT2D eigenvalue weighted by molar-refractivity contribution is 0.00578. The van der Waals surface area contributed by atoms with Crippen LogP contribution < -0.4 is 5.46 Å². The molecule has 0 aromatic heterocycles. The van der Waals surface area contributed by atoms with Crippen LogP contribution in [0.25, 0.3) is 10.8 Å². The smallest absolute Gasteiger partial charge is 0.399 e. The van der Waals surface area contributed by atoms with Gasteiger partial charge in [-0.05, 0) is 50.0 Å². The Hall–Kier alpha value is -1.03. The molecule has 1 fully saturated rings. The van der Waals surface area contributed by atoms with Gasteiger partial charge in [0, 0.05) is 5.02 Å². The highest BCUT2D eigenvalue weighted by Crippen LogP contribution is 2.36. The van der Waals surface area contributed by atoms with E-state index in [0.29, 0.717) is 0 Å². The molecule has 0 saturated carbocycles. The van der Waals surface area contributed by atoms with E-state index >= 15 is 0 Å². The second-order valence-corrected chi connectivity index (χ2v) is 6.72. The standard InChI is InChI=1S/C16H18BClO2/c1-15(2)16(3,4)20-17(19-15)12-9-8-11-6-5-7-14(18)13(11)10-12/h5-10H,1-4H3. The average Bonchev–Trinajstić information content (AvgIpc) is 2.59. The molecule has 0 N–H and O–H groups in total. The molecular formula is C16H18BClO2. The molecule has 1 saturated heterocycles. The molecule has 1 heterocycles. The van der Waals surface area contributed by atoms with Crippen LogP contribution in [0.5, 0.6) is 0 Å². The summed E-state index contributed by atoms with van der Waals surface area (Å²) in [6, 6.07) is 12.1. The van der Waals surface area contributed by atoms with Crippen molar-refractivity contribution in [2.75, 3.05) is 0 Å². The number of benzene rings is 2. The molecule has 0 amide bonds. The quantitative estimate of drug-likeness (QED) is 0.743. The van der Waals surface area contributed by atoms with Crippen molar-refractivity contribution in [3.05, 3.63) is 41.4 Å². The molecular weight excluding hydrogens is 270 g/mol. The monoisotopic (exact) mass is 288 g/mol. The van der Waals surface area contributed by atoms with E-state index in [1.165, 1.54) is 0 Å². The van der Waals surface area contributed by atoms with Crippen LogP contribution in [0.2, 0.25) is 5.02 Å². The summed E-state index contributed by atoms with van der Waals surface area (Å²) >= 11 is 6.27.